The highest BCUT2D eigenvalue weighted by molar-refractivity contribution is 7.92. The molecule has 28 heavy (non-hydrogen) atoms. The van der Waals surface area contributed by atoms with Gasteiger partial charge in [-0.1, -0.05) is 0 Å². The first-order valence-electron chi connectivity index (χ1n) is 8.71. The van der Waals surface area contributed by atoms with Crippen LogP contribution in [0.4, 0.5) is 11.4 Å². The van der Waals surface area contributed by atoms with Crippen LogP contribution in [0.1, 0.15) is 18.6 Å². The summed E-state index contributed by atoms with van der Waals surface area (Å²) in [4.78, 5) is 24.1. The summed E-state index contributed by atoms with van der Waals surface area (Å²) < 4.78 is 36.4. The average Bonchev–Trinajstić information content (AvgIpc) is 3.19. The Morgan fingerprint density at radius 2 is 2.04 bits per heavy atom. The maximum absolute atomic E-state index is 12.4. The van der Waals surface area contributed by atoms with Gasteiger partial charge in [-0.05, 0) is 43.2 Å². The third-order valence-electron chi connectivity index (χ3n) is 4.26. The molecule has 150 valence electrons. The Balaban J connectivity index is 1.73. The number of sulfonamides is 1. The normalized spacial score (nSPS) is 15.7. The molecule has 9 nitrogen and oxygen atoms in total. The van der Waals surface area contributed by atoms with Crippen molar-refractivity contribution >= 4 is 33.2 Å². The maximum atomic E-state index is 12.4. The molecule has 1 aromatic heterocycles. The van der Waals surface area contributed by atoms with Gasteiger partial charge in [0.25, 0.3) is 0 Å². The van der Waals surface area contributed by atoms with Gasteiger partial charge in [0.05, 0.1) is 31.4 Å². The minimum Gasteiger partial charge on any atom is -0.495 e. The average molecular weight is 407 g/mol. The van der Waals surface area contributed by atoms with E-state index in [2.05, 4.69) is 10.6 Å². The van der Waals surface area contributed by atoms with Crippen molar-refractivity contribution in [2.45, 2.75) is 19.4 Å². The number of rotatable bonds is 5. The molecular formula is C18H21N3O6S. The van der Waals surface area contributed by atoms with Gasteiger partial charge in [0.1, 0.15) is 11.5 Å². The third kappa shape index (κ3) is 4.45. The number of benzene rings is 1. The van der Waals surface area contributed by atoms with Crippen LogP contribution in [-0.4, -0.2) is 39.6 Å². The number of hydrogen-bond acceptors (Lipinski definition) is 6. The fourth-order valence-corrected chi connectivity index (χ4v) is 4.51. The number of amides is 2. The van der Waals surface area contributed by atoms with Crippen LogP contribution in [0.25, 0.3) is 0 Å². The Labute approximate surface area is 162 Å². The first kappa shape index (κ1) is 19.7. The van der Waals surface area contributed by atoms with E-state index >= 15 is 0 Å². The lowest BCUT2D eigenvalue weighted by Crippen LogP contribution is -2.38. The number of nitrogens with one attached hydrogen (secondary N) is 2. The summed E-state index contributed by atoms with van der Waals surface area (Å²) in [5.41, 5.74) is 0.616. The van der Waals surface area contributed by atoms with E-state index in [1.165, 1.54) is 29.8 Å². The van der Waals surface area contributed by atoms with E-state index in [9.17, 15) is 18.0 Å². The molecule has 2 N–H and O–H groups in total. The van der Waals surface area contributed by atoms with Crippen LogP contribution in [0.3, 0.4) is 0 Å². The molecule has 3 rings (SSSR count). The minimum absolute atomic E-state index is 0.0575. The van der Waals surface area contributed by atoms with Crippen LogP contribution in [-0.2, 0) is 26.2 Å². The lowest BCUT2D eigenvalue weighted by molar-refractivity contribution is -0.136. The summed E-state index contributed by atoms with van der Waals surface area (Å²) in [6.45, 7) is 0.416. The highest BCUT2D eigenvalue weighted by Gasteiger charge is 2.28. The maximum Gasteiger partial charge on any atom is 0.313 e. The lowest BCUT2D eigenvalue weighted by Gasteiger charge is -2.29. The van der Waals surface area contributed by atoms with Gasteiger partial charge < -0.3 is 19.8 Å². The molecule has 0 unspecified atom stereocenters. The number of anilines is 2. The van der Waals surface area contributed by atoms with Gasteiger partial charge in [0.15, 0.2) is 0 Å². The van der Waals surface area contributed by atoms with Gasteiger partial charge in [0, 0.05) is 12.2 Å². The number of carbonyl (C=O) groups excluding carboxylic acids is 2. The molecule has 2 heterocycles. The second-order valence-corrected chi connectivity index (χ2v) is 8.21. The standard InChI is InChI=1S/C18H21N3O6S/c1-26-16-7-6-13(11-15(16)21-8-2-3-10-28(21,24)25)20-18(23)17(22)19-12-14-5-4-9-27-14/h4-7,9,11H,2-3,8,10,12H2,1H3,(H,19,22)(H,20,23). The van der Waals surface area contributed by atoms with Crippen molar-refractivity contribution in [3.05, 3.63) is 42.4 Å². The molecule has 0 atom stereocenters. The van der Waals surface area contributed by atoms with Crippen LogP contribution in [0.15, 0.2) is 41.0 Å². The van der Waals surface area contributed by atoms with Crippen molar-refractivity contribution in [1.82, 2.24) is 5.32 Å². The van der Waals surface area contributed by atoms with Crippen LogP contribution >= 0.6 is 0 Å². The zero-order valence-electron chi connectivity index (χ0n) is 15.3. The molecule has 0 aliphatic carbocycles. The van der Waals surface area contributed by atoms with Gasteiger partial charge in [-0.15, -0.1) is 0 Å². The topological polar surface area (TPSA) is 118 Å². The molecule has 2 amide bonds. The molecule has 0 saturated carbocycles. The van der Waals surface area contributed by atoms with E-state index in [1.807, 2.05) is 0 Å². The molecule has 1 aliphatic rings. The Morgan fingerprint density at radius 1 is 1.21 bits per heavy atom. The van der Waals surface area contributed by atoms with Gasteiger partial charge in [-0.25, -0.2) is 8.42 Å². The van der Waals surface area contributed by atoms with E-state index in [-0.39, 0.29) is 18.0 Å². The first-order chi connectivity index (χ1) is 13.4. The van der Waals surface area contributed by atoms with Crippen molar-refractivity contribution < 1.29 is 27.2 Å². The number of nitrogens with zero attached hydrogens (tertiary/aromatic N) is 1. The molecule has 1 fully saturated rings. The molecule has 0 radical (unpaired) electrons. The molecule has 2 aromatic rings. The van der Waals surface area contributed by atoms with Crippen molar-refractivity contribution in [3.8, 4) is 5.75 Å². The van der Waals surface area contributed by atoms with E-state index in [4.69, 9.17) is 9.15 Å². The van der Waals surface area contributed by atoms with Crippen molar-refractivity contribution in [3.63, 3.8) is 0 Å². The Hall–Kier alpha value is -3.01. The van der Waals surface area contributed by atoms with E-state index in [1.54, 1.807) is 18.2 Å². The monoisotopic (exact) mass is 407 g/mol. The van der Waals surface area contributed by atoms with Crippen LogP contribution in [0.5, 0.6) is 5.75 Å². The summed E-state index contributed by atoms with van der Waals surface area (Å²) in [7, 11) is -2.01. The van der Waals surface area contributed by atoms with Gasteiger partial charge in [-0.2, -0.15) is 0 Å². The quantitative estimate of drug-likeness (QED) is 0.725. The Kier molecular flexibility index (Phi) is 5.88. The molecule has 1 aliphatic heterocycles. The van der Waals surface area contributed by atoms with Crippen LogP contribution in [0, 0.1) is 0 Å². The van der Waals surface area contributed by atoms with E-state index in [0.717, 1.165) is 6.42 Å². The van der Waals surface area contributed by atoms with Crippen molar-refractivity contribution in [2.75, 3.05) is 29.0 Å². The van der Waals surface area contributed by atoms with Crippen LogP contribution < -0.4 is 19.7 Å². The smallest absolute Gasteiger partial charge is 0.313 e. The largest absolute Gasteiger partial charge is 0.495 e. The first-order valence-corrected chi connectivity index (χ1v) is 10.3. The summed E-state index contributed by atoms with van der Waals surface area (Å²) in [5, 5.41) is 4.91. The highest BCUT2D eigenvalue weighted by atomic mass is 32.2. The van der Waals surface area contributed by atoms with Crippen molar-refractivity contribution in [2.24, 2.45) is 0 Å². The van der Waals surface area contributed by atoms with Crippen molar-refractivity contribution in [1.29, 1.82) is 0 Å². The second kappa shape index (κ2) is 8.34. The summed E-state index contributed by atoms with van der Waals surface area (Å²) in [5.74, 6) is -0.764. The zero-order chi connectivity index (χ0) is 20.1. The number of hydrogen-bond donors (Lipinski definition) is 2. The fourth-order valence-electron chi connectivity index (χ4n) is 2.87. The lowest BCUT2D eigenvalue weighted by atomic mass is 10.2. The van der Waals surface area contributed by atoms with Gasteiger partial charge in [-0.3, -0.25) is 13.9 Å². The number of methoxy groups -OCH3 is 1. The molecule has 0 bridgehead atoms. The fraction of sp³-hybridized carbons (Fsp3) is 0.333. The third-order valence-corrected chi connectivity index (χ3v) is 6.12. The predicted molar refractivity (Wildman–Crippen MR) is 103 cm³/mol. The SMILES string of the molecule is COc1ccc(NC(=O)C(=O)NCc2ccco2)cc1N1CCCCS1(=O)=O. The summed E-state index contributed by atoms with van der Waals surface area (Å²) in [6, 6.07) is 7.92. The molecule has 1 saturated heterocycles. The molecule has 1 aromatic carbocycles. The van der Waals surface area contributed by atoms with E-state index < -0.39 is 21.8 Å². The van der Waals surface area contributed by atoms with E-state index in [0.29, 0.717) is 30.2 Å². The minimum atomic E-state index is -3.45. The predicted octanol–water partition coefficient (Wildman–Crippen LogP) is 1.47. The number of carbonyl (C=O) groups is 2. The Morgan fingerprint density at radius 3 is 2.71 bits per heavy atom. The number of furan rings is 1. The summed E-state index contributed by atoms with van der Waals surface area (Å²) >= 11 is 0. The van der Waals surface area contributed by atoms with Gasteiger partial charge >= 0.3 is 11.8 Å². The van der Waals surface area contributed by atoms with Gasteiger partial charge in [0.2, 0.25) is 10.0 Å². The Bertz CT molecular complexity index is 956. The molecular weight excluding hydrogens is 386 g/mol. The zero-order valence-corrected chi connectivity index (χ0v) is 16.1. The number of ether oxygens (including phenoxy) is 1. The summed E-state index contributed by atoms with van der Waals surface area (Å²) in [6.07, 6.45) is 2.80. The van der Waals surface area contributed by atoms with Crippen LogP contribution in [0.2, 0.25) is 0 Å². The molecule has 0 spiro atoms. The molecule has 10 heteroatoms. The highest BCUT2D eigenvalue weighted by Crippen LogP contribution is 2.35. The second-order valence-electron chi connectivity index (χ2n) is 6.20.